The highest BCUT2D eigenvalue weighted by molar-refractivity contribution is 9.10. The van der Waals surface area contributed by atoms with Gasteiger partial charge in [-0.15, -0.1) is 0 Å². The molecule has 1 atom stereocenters. The zero-order valence-electron chi connectivity index (χ0n) is 12.0. The largest absolute Gasteiger partial charge is 0.329 e. The van der Waals surface area contributed by atoms with E-state index in [0.717, 1.165) is 16.6 Å². The molecule has 0 saturated heterocycles. The van der Waals surface area contributed by atoms with Gasteiger partial charge in [0.1, 0.15) is 0 Å². The van der Waals surface area contributed by atoms with Crippen LogP contribution in [-0.4, -0.2) is 18.5 Å². The molecule has 2 aromatic carbocycles. The van der Waals surface area contributed by atoms with E-state index in [2.05, 4.69) is 46.1 Å². The van der Waals surface area contributed by atoms with Gasteiger partial charge >= 0.3 is 0 Å². The Morgan fingerprint density at radius 2 is 2.00 bits per heavy atom. The lowest BCUT2D eigenvalue weighted by atomic mass is 10.0. The van der Waals surface area contributed by atoms with E-state index in [1.54, 1.807) is 0 Å². The number of halogens is 1. The molecule has 21 heavy (non-hydrogen) atoms. The van der Waals surface area contributed by atoms with Gasteiger partial charge in [0.15, 0.2) is 0 Å². The van der Waals surface area contributed by atoms with Gasteiger partial charge in [-0.1, -0.05) is 40.2 Å². The van der Waals surface area contributed by atoms with E-state index < -0.39 is 0 Å². The molecule has 0 bridgehead atoms. The smallest absolute Gasteiger partial charge is 0.0991 e. The molecule has 0 spiro atoms. The summed E-state index contributed by atoms with van der Waals surface area (Å²) in [5.74, 6) is 0. The topological polar surface area (TPSA) is 53.0 Å². The third kappa shape index (κ3) is 4.15. The Bertz CT molecular complexity index is 648. The summed E-state index contributed by atoms with van der Waals surface area (Å²) in [5.41, 5.74) is 8.95. The number of likely N-dealkylation sites (N-methyl/N-ethyl adjacent to an activating group) is 1. The number of nitrogens with zero attached hydrogens (tertiary/aromatic N) is 2. The molecule has 2 aromatic rings. The van der Waals surface area contributed by atoms with Gasteiger partial charge in [0.2, 0.25) is 0 Å². The van der Waals surface area contributed by atoms with Gasteiger partial charge in [0.05, 0.1) is 11.6 Å². The Kier molecular flexibility index (Phi) is 5.51. The number of rotatable bonds is 5. The maximum absolute atomic E-state index is 8.97. The maximum Gasteiger partial charge on any atom is 0.0991 e. The van der Waals surface area contributed by atoms with E-state index in [9.17, 15) is 0 Å². The molecule has 0 saturated carbocycles. The second-order valence-electron chi connectivity index (χ2n) is 5.03. The van der Waals surface area contributed by atoms with Crippen LogP contribution in [0, 0.1) is 11.3 Å². The molecule has 0 fully saturated rings. The first-order chi connectivity index (χ1) is 10.1. The minimum absolute atomic E-state index is 0.147. The maximum atomic E-state index is 8.97. The monoisotopic (exact) mass is 343 g/mol. The zero-order valence-corrected chi connectivity index (χ0v) is 13.5. The molecule has 0 aliphatic heterocycles. The summed E-state index contributed by atoms with van der Waals surface area (Å²) in [7, 11) is 2.05. The summed E-state index contributed by atoms with van der Waals surface area (Å²) in [6.07, 6.45) is 0. The molecule has 0 aliphatic carbocycles. The zero-order chi connectivity index (χ0) is 15.2. The Morgan fingerprint density at radius 1 is 1.24 bits per heavy atom. The van der Waals surface area contributed by atoms with E-state index in [4.69, 9.17) is 11.0 Å². The first-order valence-electron chi connectivity index (χ1n) is 6.79. The molecule has 2 N–H and O–H groups in total. The van der Waals surface area contributed by atoms with Crippen molar-refractivity contribution in [3.05, 3.63) is 69.7 Å². The summed E-state index contributed by atoms with van der Waals surface area (Å²) in [5, 5.41) is 8.97. The van der Waals surface area contributed by atoms with Gasteiger partial charge in [0, 0.05) is 23.6 Å². The average Bonchev–Trinajstić information content (AvgIpc) is 2.48. The third-order valence-electron chi connectivity index (χ3n) is 3.48. The van der Waals surface area contributed by atoms with Crippen LogP contribution in [0.3, 0.4) is 0 Å². The van der Waals surface area contributed by atoms with Crippen molar-refractivity contribution < 1.29 is 0 Å². The van der Waals surface area contributed by atoms with Crippen molar-refractivity contribution in [2.75, 3.05) is 13.6 Å². The van der Waals surface area contributed by atoms with Crippen LogP contribution in [-0.2, 0) is 6.54 Å². The van der Waals surface area contributed by atoms with Gasteiger partial charge in [-0.05, 0) is 42.4 Å². The number of nitrogens with two attached hydrogens (primary N) is 1. The summed E-state index contributed by atoms with van der Waals surface area (Å²) < 4.78 is 1.05. The van der Waals surface area contributed by atoms with Gasteiger partial charge in [-0.3, -0.25) is 4.90 Å². The van der Waals surface area contributed by atoms with Gasteiger partial charge in [-0.25, -0.2) is 0 Å². The van der Waals surface area contributed by atoms with Crippen LogP contribution in [0.1, 0.15) is 22.7 Å². The first kappa shape index (κ1) is 15.7. The van der Waals surface area contributed by atoms with Crippen molar-refractivity contribution in [2.24, 2.45) is 5.73 Å². The second-order valence-corrected chi connectivity index (χ2v) is 5.95. The quantitative estimate of drug-likeness (QED) is 0.904. The summed E-state index contributed by atoms with van der Waals surface area (Å²) in [6.45, 7) is 1.30. The molecule has 1 unspecified atom stereocenters. The van der Waals surface area contributed by atoms with Crippen LogP contribution in [0.25, 0.3) is 0 Å². The number of hydrogen-bond acceptors (Lipinski definition) is 3. The fraction of sp³-hybridized carbons (Fsp3) is 0.235. The van der Waals surface area contributed by atoms with Crippen LogP contribution < -0.4 is 5.73 Å². The van der Waals surface area contributed by atoms with Gasteiger partial charge < -0.3 is 5.73 Å². The average molecular weight is 344 g/mol. The Morgan fingerprint density at radius 3 is 2.67 bits per heavy atom. The fourth-order valence-electron chi connectivity index (χ4n) is 2.42. The van der Waals surface area contributed by atoms with Gasteiger partial charge in [-0.2, -0.15) is 5.26 Å². The van der Waals surface area contributed by atoms with Crippen molar-refractivity contribution >= 4 is 15.9 Å². The van der Waals surface area contributed by atoms with E-state index >= 15 is 0 Å². The Labute approximate surface area is 134 Å². The number of nitriles is 1. The van der Waals surface area contributed by atoms with Gasteiger partial charge in [0.25, 0.3) is 0 Å². The molecule has 3 nitrogen and oxygen atoms in total. The lowest BCUT2D eigenvalue weighted by molar-refractivity contribution is 0.242. The number of hydrogen-bond donors (Lipinski definition) is 1. The van der Waals surface area contributed by atoms with E-state index in [0.29, 0.717) is 12.1 Å². The lowest BCUT2D eigenvalue weighted by Gasteiger charge is -2.27. The lowest BCUT2D eigenvalue weighted by Crippen LogP contribution is -2.30. The van der Waals surface area contributed by atoms with Crippen LogP contribution >= 0.6 is 15.9 Å². The predicted octanol–water partition coefficient (Wildman–Crippen LogP) is 3.45. The van der Waals surface area contributed by atoms with Crippen LogP contribution in [0.4, 0.5) is 0 Å². The highest BCUT2D eigenvalue weighted by Gasteiger charge is 2.16. The Hall–Kier alpha value is -1.67. The number of benzene rings is 2. The Balaban J connectivity index is 2.17. The molecule has 0 amide bonds. The molecule has 0 aromatic heterocycles. The molecular formula is C17H18BrN3. The van der Waals surface area contributed by atoms with Crippen LogP contribution in [0.2, 0.25) is 0 Å². The van der Waals surface area contributed by atoms with Crippen LogP contribution in [0.5, 0.6) is 0 Å². The second kappa shape index (κ2) is 7.37. The highest BCUT2D eigenvalue weighted by Crippen LogP contribution is 2.23. The standard InChI is InChI=1S/C17H18BrN3/c1-21(12-14-5-2-4-13(8-14)10-19)17(11-20)15-6-3-7-16(18)9-15/h2-9,17H,11-12,20H2,1H3. The van der Waals surface area contributed by atoms with Crippen molar-refractivity contribution in [1.29, 1.82) is 5.26 Å². The van der Waals surface area contributed by atoms with Crippen LogP contribution in [0.15, 0.2) is 53.0 Å². The minimum atomic E-state index is 0.147. The molecular weight excluding hydrogens is 326 g/mol. The SMILES string of the molecule is CN(Cc1cccc(C#N)c1)C(CN)c1cccc(Br)c1. The molecule has 0 aliphatic rings. The van der Waals surface area contributed by atoms with Crippen molar-refractivity contribution in [1.82, 2.24) is 4.90 Å². The molecule has 0 radical (unpaired) electrons. The molecule has 0 heterocycles. The molecule has 4 heteroatoms. The first-order valence-corrected chi connectivity index (χ1v) is 7.58. The summed E-state index contributed by atoms with van der Waals surface area (Å²) in [6, 6.07) is 18.2. The summed E-state index contributed by atoms with van der Waals surface area (Å²) >= 11 is 3.50. The molecule has 2 rings (SSSR count). The predicted molar refractivity (Wildman–Crippen MR) is 88.6 cm³/mol. The van der Waals surface area contributed by atoms with E-state index in [1.165, 1.54) is 5.56 Å². The van der Waals surface area contributed by atoms with E-state index in [-0.39, 0.29) is 6.04 Å². The minimum Gasteiger partial charge on any atom is -0.329 e. The third-order valence-corrected chi connectivity index (χ3v) is 3.97. The highest BCUT2D eigenvalue weighted by atomic mass is 79.9. The van der Waals surface area contributed by atoms with Crippen molar-refractivity contribution in [2.45, 2.75) is 12.6 Å². The summed E-state index contributed by atoms with van der Waals surface area (Å²) in [4.78, 5) is 2.21. The normalized spacial score (nSPS) is 12.1. The van der Waals surface area contributed by atoms with Crippen molar-refractivity contribution in [3.63, 3.8) is 0 Å². The fourth-order valence-corrected chi connectivity index (χ4v) is 2.84. The van der Waals surface area contributed by atoms with Crippen molar-refractivity contribution in [3.8, 4) is 6.07 Å². The van der Waals surface area contributed by atoms with E-state index in [1.807, 2.05) is 36.4 Å². The molecule has 108 valence electrons.